The Morgan fingerprint density at radius 2 is 2.00 bits per heavy atom. The fraction of sp³-hybridized carbons (Fsp3) is 0.692. The number of aromatic nitrogens is 2. The van der Waals surface area contributed by atoms with Gasteiger partial charge in [0.2, 0.25) is 0 Å². The van der Waals surface area contributed by atoms with Gasteiger partial charge in [-0.1, -0.05) is 12.8 Å². The summed E-state index contributed by atoms with van der Waals surface area (Å²) >= 11 is 0. The topological polar surface area (TPSA) is 44.9 Å². The van der Waals surface area contributed by atoms with Gasteiger partial charge in [0.05, 0.1) is 18.2 Å². The summed E-state index contributed by atoms with van der Waals surface area (Å²) in [6, 6.07) is 2.22. The Balaban J connectivity index is 2.03. The molecule has 0 aromatic carbocycles. The lowest BCUT2D eigenvalue weighted by atomic mass is 10.2. The molecule has 0 bridgehead atoms. The van der Waals surface area contributed by atoms with Gasteiger partial charge in [-0.25, -0.2) is 0 Å². The quantitative estimate of drug-likeness (QED) is 0.799. The lowest BCUT2D eigenvalue weighted by Crippen LogP contribution is -2.24. The lowest BCUT2D eigenvalue weighted by molar-refractivity contribution is 0.272. The highest BCUT2D eigenvalue weighted by Crippen LogP contribution is 2.15. The molecule has 0 radical (unpaired) electrons. The van der Waals surface area contributed by atoms with Gasteiger partial charge in [0, 0.05) is 25.4 Å². The molecule has 4 heteroatoms. The number of hydrogen-bond donors (Lipinski definition) is 0. The summed E-state index contributed by atoms with van der Waals surface area (Å²) in [6.07, 6.45) is 7.72. The molecule has 2 rings (SSSR count). The van der Waals surface area contributed by atoms with E-state index < -0.39 is 0 Å². The fourth-order valence-electron chi connectivity index (χ4n) is 2.46. The maximum Gasteiger partial charge on any atom is 0.0807 e. The van der Waals surface area contributed by atoms with Gasteiger partial charge in [0.25, 0.3) is 0 Å². The van der Waals surface area contributed by atoms with Crippen LogP contribution in [-0.4, -0.2) is 27.8 Å². The molecule has 1 fully saturated rings. The Kier molecular flexibility index (Phi) is 4.16. The highest BCUT2D eigenvalue weighted by atomic mass is 15.3. The van der Waals surface area contributed by atoms with Gasteiger partial charge in [-0.15, -0.1) is 0 Å². The second-order valence-electron chi connectivity index (χ2n) is 4.80. The van der Waals surface area contributed by atoms with Crippen LogP contribution in [0.4, 0.5) is 0 Å². The first-order chi connectivity index (χ1) is 8.29. The third-order valence-corrected chi connectivity index (χ3v) is 3.33. The van der Waals surface area contributed by atoms with E-state index in [-0.39, 0.29) is 0 Å². The van der Waals surface area contributed by atoms with E-state index in [1.165, 1.54) is 38.8 Å². The molecule has 1 aliphatic heterocycles. The molecule has 1 aliphatic rings. The Morgan fingerprint density at radius 1 is 1.29 bits per heavy atom. The molecule has 0 amide bonds. The first-order valence-corrected chi connectivity index (χ1v) is 6.40. The number of hydrogen-bond acceptors (Lipinski definition) is 3. The van der Waals surface area contributed by atoms with Gasteiger partial charge in [-0.3, -0.25) is 9.58 Å². The van der Waals surface area contributed by atoms with Gasteiger partial charge in [0.15, 0.2) is 0 Å². The highest BCUT2D eigenvalue weighted by Gasteiger charge is 2.14. The third kappa shape index (κ3) is 3.31. The van der Waals surface area contributed by atoms with Gasteiger partial charge in [-0.2, -0.15) is 10.4 Å². The van der Waals surface area contributed by atoms with Gasteiger partial charge >= 0.3 is 0 Å². The molecule has 0 unspecified atom stereocenters. The van der Waals surface area contributed by atoms with Crippen molar-refractivity contribution in [3.8, 4) is 6.07 Å². The van der Waals surface area contributed by atoms with E-state index in [1.807, 2.05) is 17.9 Å². The van der Waals surface area contributed by atoms with Crippen molar-refractivity contribution in [2.45, 2.75) is 38.6 Å². The molecule has 0 atom stereocenters. The van der Waals surface area contributed by atoms with Crippen molar-refractivity contribution in [2.75, 3.05) is 13.1 Å². The minimum absolute atomic E-state index is 0.469. The number of aryl methyl sites for hydroxylation is 1. The second-order valence-corrected chi connectivity index (χ2v) is 4.80. The van der Waals surface area contributed by atoms with Gasteiger partial charge in [-0.05, 0) is 25.9 Å². The molecule has 4 nitrogen and oxygen atoms in total. The number of rotatable bonds is 3. The number of nitrogens with zero attached hydrogens (tertiary/aromatic N) is 4. The normalized spacial score (nSPS) is 17.6. The SMILES string of the molecule is Cn1cc(CC#N)c(CN2CCCCCC2)n1. The number of likely N-dealkylation sites (tertiary alicyclic amines) is 1. The molecule has 0 spiro atoms. The highest BCUT2D eigenvalue weighted by molar-refractivity contribution is 5.20. The molecular weight excluding hydrogens is 212 g/mol. The van der Waals surface area contributed by atoms with E-state index in [0.717, 1.165) is 17.8 Å². The van der Waals surface area contributed by atoms with E-state index in [1.54, 1.807) is 0 Å². The van der Waals surface area contributed by atoms with E-state index in [2.05, 4.69) is 16.1 Å². The molecule has 1 aromatic heterocycles. The fourth-order valence-corrected chi connectivity index (χ4v) is 2.46. The molecule has 17 heavy (non-hydrogen) atoms. The zero-order chi connectivity index (χ0) is 12.1. The Hall–Kier alpha value is -1.34. The average Bonchev–Trinajstić information content (AvgIpc) is 2.53. The van der Waals surface area contributed by atoms with Crippen molar-refractivity contribution in [3.05, 3.63) is 17.5 Å². The zero-order valence-corrected chi connectivity index (χ0v) is 10.5. The summed E-state index contributed by atoms with van der Waals surface area (Å²) < 4.78 is 1.82. The van der Waals surface area contributed by atoms with Gasteiger partial charge < -0.3 is 0 Å². The van der Waals surface area contributed by atoms with Gasteiger partial charge in [0.1, 0.15) is 0 Å². The molecular formula is C13H20N4. The maximum absolute atomic E-state index is 8.80. The van der Waals surface area contributed by atoms with Crippen molar-refractivity contribution in [2.24, 2.45) is 7.05 Å². The van der Waals surface area contributed by atoms with Crippen LogP contribution in [0.15, 0.2) is 6.20 Å². The van der Waals surface area contributed by atoms with Crippen LogP contribution in [0.1, 0.15) is 36.9 Å². The monoisotopic (exact) mass is 232 g/mol. The van der Waals surface area contributed by atoms with Crippen LogP contribution in [0, 0.1) is 11.3 Å². The molecule has 0 N–H and O–H groups in total. The van der Waals surface area contributed by atoms with Crippen molar-refractivity contribution < 1.29 is 0 Å². The maximum atomic E-state index is 8.80. The van der Waals surface area contributed by atoms with E-state index in [4.69, 9.17) is 5.26 Å². The van der Waals surface area contributed by atoms with Crippen LogP contribution in [0.2, 0.25) is 0 Å². The summed E-state index contributed by atoms with van der Waals surface area (Å²) in [6.45, 7) is 3.24. The van der Waals surface area contributed by atoms with Crippen LogP contribution in [0.5, 0.6) is 0 Å². The first kappa shape index (κ1) is 12.1. The molecule has 92 valence electrons. The first-order valence-electron chi connectivity index (χ1n) is 6.40. The van der Waals surface area contributed by atoms with Crippen molar-refractivity contribution >= 4 is 0 Å². The number of nitriles is 1. The zero-order valence-electron chi connectivity index (χ0n) is 10.5. The largest absolute Gasteiger partial charge is 0.297 e. The average molecular weight is 232 g/mol. The van der Waals surface area contributed by atoms with Crippen LogP contribution in [0.25, 0.3) is 0 Å². The van der Waals surface area contributed by atoms with Crippen LogP contribution < -0.4 is 0 Å². The van der Waals surface area contributed by atoms with Crippen LogP contribution in [-0.2, 0) is 20.0 Å². The summed E-state index contributed by atoms with van der Waals surface area (Å²) in [5.41, 5.74) is 2.16. The van der Waals surface area contributed by atoms with Crippen molar-refractivity contribution in [3.63, 3.8) is 0 Å². The van der Waals surface area contributed by atoms with Crippen LogP contribution in [0.3, 0.4) is 0 Å². The van der Waals surface area contributed by atoms with E-state index >= 15 is 0 Å². The predicted molar refractivity (Wildman–Crippen MR) is 66.3 cm³/mol. The molecule has 0 saturated carbocycles. The third-order valence-electron chi connectivity index (χ3n) is 3.33. The summed E-state index contributed by atoms with van der Waals surface area (Å²) in [7, 11) is 1.92. The Morgan fingerprint density at radius 3 is 2.65 bits per heavy atom. The Labute approximate surface area is 103 Å². The van der Waals surface area contributed by atoms with Crippen molar-refractivity contribution in [1.82, 2.24) is 14.7 Å². The Bertz CT molecular complexity index is 394. The smallest absolute Gasteiger partial charge is 0.0807 e. The summed E-state index contributed by atoms with van der Waals surface area (Å²) in [4.78, 5) is 2.47. The van der Waals surface area contributed by atoms with Crippen molar-refractivity contribution in [1.29, 1.82) is 5.26 Å². The molecule has 1 aromatic rings. The molecule has 2 heterocycles. The molecule has 1 saturated heterocycles. The lowest BCUT2D eigenvalue weighted by Gasteiger charge is -2.18. The minimum atomic E-state index is 0.469. The predicted octanol–water partition coefficient (Wildman–Crippen LogP) is 1.86. The van der Waals surface area contributed by atoms with E-state index in [0.29, 0.717) is 6.42 Å². The van der Waals surface area contributed by atoms with Crippen LogP contribution >= 0.6 is 0 Å². The summed E-state index contributed by atoms with van der Waals surface area (Å²) in [5.74, 6) is 0. The second kappa shape index (κ2) is 5.83. The minimum Gasteiger partial charge on any atom is -0.297 e. The summed E-state index contributed by atoms with van der Waals surface area (Å²) in [5, 5.41) is 13.3. The molecule has 0 aliphatic carbocycles. The standard InChI is InChI=1S/C13H20N4/c1-16-10-12(6-7-14)13(15-16)11-17-8-4-2-3-5-9-17/h10H,2-6,8-9,11H2,1H3. The van der Waals surface area contributed by atoms with E-state index in [9.17, 15) is 0 Å².